The Morgan fingerprint density at radius 3 is 2.56 bits per heavy atom. The lowest BCUT2D eigenvalue weighted by Crippen LogP contribution is -2.22. The van der Waals surface area contributed by atoms with Gasteiger partial charge in [-0.25, -0.2) is 9.78 Å². The topological polar surface area (TPSA) is 44.1 Å². The van der Waals surface area contributed by atoms with Crippen LogP contribution in [0.1, 0.15) is 37.0 Å². The van der Waals surface area contributed by atoms with Crippen LogP contribution in [0.3, 0.4) is 0 Å². The maximum Gasteiger partial charge on any atom is 0.337 e. The number of aryl methyl sites for hydroxylation is 1. The van der Waals surface area contributed by atoms with E-state index in [0.717, 1.165) is 16.9 Å². The Kier molecular flexibility index (Phi) is 2.89. The van der Waals surface area contributed by atoms with Crippen LogP contribution in [0.4, 0.5) is 0 Å². The zero-order valence-electron chi connectivity index (χ0n) is 11.4. The molecule has 0 bridgehead atoms. The van der Waals surface area contributed by atoms with Gasteiger partial charge in [-0.15, -0.1) is 0 Å². The largest absolute Gasteiger partial charge is 0.465 e. The zero-order chi connectivity index (χ0) is 13.5. The first-order valence-corrected chi connectivity index (χ1v) is 5.92. The fourth-order valence-electron chi connectivity index (χ4n) is 2.29. The first-order valence-electron chi connectivity index (χ1n) is 5.92. The van der Waals surface area contributed by atoms with E-state index in [9.17, 15) is 4.79 Å². The number of nitrogens with zero attached hydrogens (tertiary/aromatic N) is 2. The smallest absolute Gasteiger partial charge is 0.337 e. The zero-order valence-corrected chi connectivity index (χ0v) is 11.4. The van der Waals surface area contributed by atoms with E-state index in [-0.39, 0.29) is 11.5 Å². The molecular weight excluding hydrogens is 228 g/mol. The van der Waals surface area contributed by atoms with Gasteiger partial charge >= 0.3 is 5.97 Å². The van der Waals surface area contributed by atoms with Gasteiger partial charge in [-0.3, -0.25) is 0 Å². The van der Waals surface area contributed by atoms with Crippen LogP contribution in [-0.4, -0.2) is 22.6 Å². The van der Waals surface area contributed by atoms with Crippen LogP contribution in [0.25, 0.3) is 11.0 Å². The summed E-state index contributed by atoms with van der Waals surface area (Å²) in [4.78, 5) is 16.0. The van der Waals surface area contributed by atoms with Crippen molar-refractivity contribution in [2.24, 2.45) is 0 Å². The molecule has 0 fully saturated rings. The summed E-state index contributed by atoms with van der Waals surface area (Å²) in [5.41, 5.74) is 2.35. The van der Waals surface area contributed by atoms with E-state index in [2.05, 4.69) is 30.3 Å². The van der Waals surface area contributed by atoms with Crippen LogP contribution in [0, 0.1) is 6.92 Å². The standard InChI is InChI=1S/C14H18N2O2/c1-9-15-11-8-10(13(17)18-5)6-7-12(11)16(9)14(2,3)4/h6-8H,1-5H3. The lowest BCUT2D eigenvalue weighted by Gasteiger charge is -2.23. The number of carbonyl (C=O) groups is 1. The summed E-state index contributed by atoms with van der Waals surface area (Å²) in [5, 5.41) is 0. The van der Waals surface area contributed by atoms with Crippen LogP contribution in [-0.2, 0) is 10.3 Å². The Morgan fingerprint density at radius 1 is 1.33 bits per heavy atom. The number of benzene rings is 1. The van der Waals surface area contributed by atoms with Crippen molar-refractivity contribution in [3.05, 3.63) is 29.6 Å². The molecule has 2 rings (SSSR count). The maximum absolute atomic E-state index is 11.5. The van der Waals surface area contributed by atoms with Gasteiger partial charge in [0.1, 0.15) is 5.82 Å². The molecule has 0 atom stereocenters. The molecule has 0 aliphatic carbocycles. The average Bonchev–Trinajstić information content (AvgIpc) is 2.62. The van der Waals surface area contributed by atoms with E-state index in [1.165, 1.54) is 7.11 Å². The normalized spacial score (nSPS) is 11.8. The molecule has 0 N–H and O–H groups in total. The fraction of sp³-hybridized carbons (Fsp3) is 0.429. The van der Waals surface area contributed by atoms with Crippen molar-refractivity contribution >= 4 is 17.0 Å². The number of hydrogen-bond donors (Lipinski definition) is 0. The number of methoxy groups -OCH3 is 1. The molecule has 18 heavy (non-hydrogen) atoms. The van der Waals surface area contributed by atoms with Crippen LogP contribution >= 0.6 is 0 Å². The first-order chi connectivity index (χ1) is 8.34. The highest BCUT2D eigenvalue weighted by Gasteiger charge is 2.20. The van der Waals surface area contributed by atoms with Gasteiger partial charge < -0.3 is 9.30 Å². The van der Waals surface area contributed by atoms with Gasteiger partial charge in [-0.2, -0.15) is 0 Å². The van der Waals surface area contributed by atoms with E-state index in [1.807, 2.05) is 13.0 Å². The van der Waals surface area contributed by atoms with Crippen molar-refractivity contribution in [2.75, 3.05) is 7.11 Å². The monoisotopic (exact) mass is 246 g/mol. The number of aromatic nitrogens is 2. The fourth-order valence-corrected chi connectivity index (χ4v) is 2.29. The molecule has 2 aromatic rings. The SMILES string of the molecule is COC(=O)c1ccc2c(c1)nc(C)n2C(C)(C)C. The lowest BCUT2D eigenvalue weighted by molar-refractivity contribution is 0.0601. The molecule has 0 aliphatic heterocycles. The van der Waals surface area contributed by atoms with Crippen molar-refractivity contribution in [3.8, 4) is 0 Å². The highest BCUT2D eigenvalue weighted by atomic mass is 16.5. The van der Waals surface area contributed by atoms with Gasteiger partial charge in [0.25, 0.3) is 0 Å². The van der Waals surface area contributed by atoms with Crippen molar-refractivity contribution in [3.63, 3.8) is 0 Å². The minimum atomic E-state index is -0.333. The molecule has 1 heterocycles. The Balaban J connectivity index is 2.65. The van der Waals surface area contributed by atoms with E-state index >= 15 is 0 Å². The summed E-state index contributed by atoms with van der Waals surface area (Å²) in [6.45, 7) is 8.38. The highest BCUT2D eigenvalue weighted by Crippen LogP contribution is 2.25. The number of hydrogen-bond acceptors (Lipinski definition) is 3. The van der Waals surface area contributed by atoms with Gasteiger partial charge in [0.05, 0.1) is 23.7 Å². The molecule has 0 unspecified atom stereocenters. The van der Waals surface area contributed by atoms with Crippen molar-refractivity contribution in [2.45, 2.75) is 33.2 Å². The molecule has 0 spiro atoms. The third-order valence-corrected chi connectivity index (χ3v) is 2.91. The molecule has 0 amide bonds. The van der Waals surface area contributed by atoms with Gasteiger partial charge in [0.15, 0.2) is 0 Å². The van der Waals surface area contributed by atoms with Crippen molar-refractivity contribution in [1.82, 2.24) is 9.55 Å². The van der Waals surface area contributed by atoms with Gasteiger partial charge in [-0.1, -0.05) is 0 Å². The van der Waals surface area contributed by atoms with Crippen molar-refractivity contribution < 1.29 is 9.53 Å². The molecule has 4 nitrogen and oxygen atoms in total. The number of ether oxygens (including phenoxy) is 1. The minimum Gasteiger partial charge on any atom is -0.465 e. The van der Waals surface area contributed by atoms with Gasteiger partial charge in [0, 0.05) is 5.54 Å². The van der Waals surface area contributed by atoms with Gasteiger partial charge in [0.2, 0.25) is 0 Å². The summed E-state index contributed by atoms with van der Waals surface area (Å²) in [5.74, 6) is 0.611. The van der Waals surface area contributed by atoms with E-state index < -0.39 is 0 Å². The van der Waals surface area contributed by atoms with Crippen LogP contribution in [0.15, 0.2) is 18.2 Å². The second kappa shape index (κ2) is 4.12. The molecule has 4 heteroatoms. The van der Waals surface area contributed by atoms with Crippen molar-refractivity contribution in [1.29, 1.82) is 0 Å². The molecular formula is C14H18N2O2. The minimum absolute atomic E-state index is 0.0361. The predicted octanol–water partition coefficient (Wildman–Crippen LogP) is 2.89. The summed E-state index contributed by atoms with van der Waals surface area (Å²) in [6, 6.07) is 5.47. The molecule has 0 saturated carbocycles. The summed E-state index contributed by atoms with van der Waals surface area (Å²) >= 11 is 0. The molecule has 1 aromatic heterocycles. The Labute approximate surface area is 107 Å². The van der Waals surface area contributed by atoms with Gasteiger partial charge in [-0.05, 0) is 45.9 Å². The number of imidazole rings is 1. The van der Waals surface area contributed by atoms with Crippen LogP contribution in [0.2, 0.25) is 0 Å². The maximum atomic E-state index is 11.5. The van der Waals surface area contributed by atoms with Crippen LogP contribution in [0.5, 0.6) is 0 Å². The second-order valence-electron chi connectivity index (χ2n) is 5.36. The first kappa shape index (κ1) is 12.6. The number of fused-ring (bicyclic) bond motifs is 1. The Bertz CT molecular complexity index is 606. The second-order valence-corrected chi connectivity index (χ2v) is 5.36. The summed E-state index contributed by atoms with van der Waals surface area (Å²) in [7, 11) is 1.38. The Morgan fingerprint density at radius 2 is 2.00 bits per heavy atom. The molecule has 0 radical (unpaired) electrons. The Hall–Kier alpha value is -1.84. The summed E-state index contributed by atoms with van der Waals surface area (Å²) in [6.07, 6.45) is 0. The van der Waals surface area contributed by atoms with Crippen LogP contribution < -0.4 is 0 Å². The molecule has 1 aromatic carbocycles. The number of rotatable bonds is 1. The molecule has 0 aliphatic rings. The average molecular weight is 246 g/mol. The van der Waals surface area contributed by atoms with E-state index in [0.29, 0.717) is 5.56 Å². The lowest BCUT2D eigenvalue weighted by atomic mass is 10.1. The third-order valence-electron chi connectivity index (χ3n) is 2.91. The predicted molar refractivity (Wildman–Crippen MR) is 70.8 cm³/mol. The molecule has 0 saturated heterocycles. The van der Waals surface area contributed by atoms with E-state index in [4.69, 9.17) is 4.74 Å². The number of carbonyl (C=O) groups excluding carboxylic acids is 1. The highest BCUT2D eigenvalue weighted by molar-refractivity contribution is 5.93. The summed E-state index contributed by atoms with van der Waals surface area (Å²) < 4.78 is 6.89. The van der Waals surface area contributed by atoms with E-state index in [1.54, 1.807) is 12.1 Å². The quantitative estimate of drug-likeness (QED) is 0.727. The third kappa shape index (κ3) is 1.98. The number of esters is 1. The molecule has 96 valence electrons.